The third kappa shape index (κ3) is 5.09. The number of rotatable bonds is 8. The predicted molar refractivity (Wildman–Crippen MR) is 115 cm³/mol. The van der Waals surface area contributed by atoms with E-state index in [1.807, 2.05) is 30.5 Å². The summed E-state index contributed by atoms with van der Waals surface area (Å²) in [7, 11) is 1.63. The van der Waals surface area contributed by atoms with Gasteiger partial charge in [0.2, 0.25) is 0 Å². The van der Waals surface area contributed by atoms with Gasteiger partial charge in [0.1, 0.15) is 23.2 Å². The average Bonchev–Trinajstić information content (AvgIpc) is 3.32. The number of hydrogen-bond acceptors (Lipinski definition) is 8. The fourth-order valence-electron chi connectivity index (χ4n) is 3.83. The smallest absolute Gasteiger partial charge is 0.271 e. The number of methoxy groups -OCH3 is 1. The first-order valence-corrected chi connectivity index (χ1v) is 10.5. The number of aryl methyl sites for hydroxylation is 1. The van der Waals surface area contributed by atoms with Gasteiger partial charge in [-0.3, -0.25) is 14.5 Å². The van der Waals surface area contributed by atoms with Crippen LogP contribution in [-0.2, 0) is 11.3 Å². The number of nitrogens with zero attached hydrogens (tertiary/aromatic N) is 5. The van der Waals surface area contributed by atoms with E-state index < -0.39 is 6.10 Å². The second-order valence-electron chi connectivity index (χ2n) is 7.58. The van der Waals surface area contributed by atoms with Gasteiger partial charge in [0.15, 0.2) is 0 Å². The van der Waals surface area contributed by atoms with Gasteiger partial charge in [-0.15, -0.1) is 5.10 Å². The lowest BCUT2D eigenvalue weighted by molar-refractivity contribution is -0.0912. The van der Waals surface area contributed by atoms with Gasteiger partial charge < -0.3 is 19.9 Å². The van der Waals surface area contributed by atoms with E-state index in [0.29, 0.717) is 13.0 Å². The Morgan fingerprint density at radius 1 is 1.31 bits per heavy atom. The third-order valence-corrected chi connectivity index (χ3v) is 5.51. The van der Waals surface area contributed by atoms with Crippen molar-refractivity contribution in [3.8, 4) is 17.0 Å². The van der Waals surface area contributed by atoms with E-state index in [9.17, 15) is 9.90 Å². The van der Waals surface area contributed by atoms with E-state index >= 15 is 0 Å². The Labute approximate surface area is 185 Å². The van der Waals surface area contributed by atoms with Crippen molar-refractivity contribution >= 4 is 5.91 Å². The van der Waals surface area contributed by atoms with Crippen molar-refractivity contribution in [3.05, 3.63) is 54.7 Å². The summed E-state index contributed by atoms with van der Waals surface area (Å²) in [6, 6.07) is 7.39. The molecule has 3 atom stereocenters. The van der Waals surface area contributed by atoms with Crippen molar-refractivity contribution < 1.29 is 19.4 Å². The van der Waals surface area contributed by atoms with Crippen LogP contribution >= 0.6 is 0 Å². The van der Waals surface area contributed by atoms with Crippen LogP contribution in [0.5, 0.6) is 5.75 Å². The molecule has 1 amide bonds. The van der Waals surface area contributed by atoms with Crippen molar-refractivity contribution in [3.63, 3.8) is 0 Å². The van der Waals surface area contributed by atoms with Gasteiger partial charge >= 0.3 is 0 Å². The summed E-state index contributed by atoms with van der Waals surface area (Å²) in [5.41, 5.74) is 1.87. The normalized spacial score (nSPS) is 20.6. The summed E-state index contributed by atoms with van der Waals surface area (Å²) in [6.45, 7) is 0.449. The lowest BCUT2D eigenvalue weighted by Crippen LogP contribution is -2.51. The molecule has 1 fully saturated rings. The summed E-state index contributed by atoms with van der Waals surface area (Å²) < 4.78 is 13.2. The van der Waals surface area contributed by atoms with E-state index in [2.05, 4.69) is 25.6 Å². The van der Waals surface area contributed by atoms with Gasteiger partial charge in [-0.1, -0.05) is 17.3 Å². The summed E-state index contributed by atoms with van der Waals surface area (Å²) >= 11 is 0. The Morgan fingerprint density at radius 3 is 2.97 bits per heavy atom. The van der Waals surface area contributed by atoms with Crippen LogP contribution in [0.25, 0.3) is 11.3 Å². The second kappa shape index (κ2) is 10.3. The third-order valence-electron chi connectivity index (χ3n) is 5.51. The van der Waals surface area contributed by atoms with Crippen molar-refractivity contribution in [1.82, 2.24) is 30.3 Å². The number of benzene rings is 1. The van der Waals surface area contributed by atoms with Gasteiger partial charge in [-0.25, -0.2) is 4.98 Å². The molecule has 1 aromatic carbocycles. The van der Waals surface area contributed by atoms with Crippen LogP contribution in [0.2, 0.25) is 0 Å². The lowest BCUT2D eigenvalue weighted by atomic mass is 9.97. The number of aliphatic hydroxyl groups excluding tert-OH is 1. The standard InChI is InChI=1S/C22H26N6O4/c1-31-20-5-3-2-4-16(20)19-13-28(27-26-19)11-8-15-6-7-17(21(14-29)32-15)25-22(30)18-12-23-9-10-24-18/h2-5,9-10,12-13,15,17,21,29H,6-8,11,14H2,1H3,(H,25,30)/t15-,17+,21-/m1/s1. The molecular formula is C22H26N6O4. The Kier molecular flexibility index (Phi) is 7.03. The zero-order valence-corrected chi connectivity index (χ0v) is 17.8. The van der Waals surface area contributed by atoms with E-state index in [4.69, 9.17) is 9.47 Å². The molecule has 2 N–H and O–H groups in total. The molecule has 0 aliphatic carbocycles. The maximum absolute atomic E-state index is 12.4. The first-order chi connectivity index (χ1) is 15.7. The summed E-state index contributed by atoms with van der Waals surface area (Å²) in [5.74, 6) is 0.422. The van der Waals surface area contributed by atoms with Gasteiger partial charge in [-0.05, 0) is 31.4 Å². The molecule has 0 saturated carbocycles. The SMILES string of the molecule is COc1ccccc1-c1cn(CC[C@H]2CC[C@H](NC(=O)c3cnccn3)[C@@H](CO)O2)nn1. The molecule has 10 heteroatoms. The number of amides is 1. The first kappa shape index (κ1) is 21.8. The lowest BCUT2D eigenvalue weighted by Gasteiger charge is -2.36. The molecule has 0 radical (unpaired) electrons. The highest BCUT2D eigenvalue weighted by Crippen LogP contribution is 2.28. The minimum Gasteiger partial charge on any atom is -0.496 e. The molecule has 0 bridgehead atoms. The number of carbonyl (C=O) groups is 1. The number of ether oxygens (including phenoxy) is 2. The van der Waals surface area contributed by atoms with Gasteiger partial charge in [0, 0.05) is 24.5 Å². The minimum atomic E-state index is -0.478. The van der Waals surface area contributed by atoms with Crippen molar-refractivity contribution in [2.75, 3.05) is 13.7 Å². The first-order valence-electron chi connectivity index (χ1n) is 10.5. The molecule has 3 aromatic rings. The summed E-state index contributed by atoms with van der Waals surface area (Å²) in [5, 5.41) is 21.2. The number of carbonyl (C=O) groups excluding carboxylic acids is 1. The topological polar surface area (TPSA) is 124 Å². The monoisotopic (exact) mass is 438 g/mol. The number of para-hydroxylation sites is 1. The number of aromatic nitrogens is 5. The Hall–Kier alpha value is -3.37. The number of aliphatic hydroxyl groups is 1. The second-order valence-corrected chi connectivity index (χ2v) is 7.58. The highest BCUT2D eigenvalue weighted by molar-refractivity contribution is 5.92. The van der Waals surface area contributed by atoms with Crippen molar-refractivity contribution in [2.45, 2.75) is 44.1 Å². The molecule has 32 heavy (non-hydrogen) atoms. The Bertz CT molecular complexity index is 1030. The molecule has 0 spiro atoms. The van der Waals surface area contributed by atoms with Gasteiger partial charge in [-0.2, -0.15) is 0 Å². The van der Waals surface area contributed by atoms with Crippen LogP contribution in [0.4, 0.5) is 0 Å². The molecule has 168 valence electrons. The Morgan fingerprint density at radius 2 is 2.19 bits per heavy atom. The van der Waals surface area contributed by atoms with Crippen LogP contribution < -0.4 is 10.1 Å². The maximum Gasteiger partial charge on any atom is 0.271 e. The zero-order chi connectivity index (χ0) is 22.3. The van der Waals surface area contributed by atoms with E-state index in [1.54, 1.807) is 11.8 Å². The van der Waals surface area contributed by atoms with Crippen LogP contribution in [0.3, 0.4) is 0 Å². The molecule has 0 unspecified atom stereocenters. The fourth-order valence-corrected chi connectivity index (χ4v) is 3.83. The average molecular weight is 438 g/mol. The molecular weight excluding hydrogens is 412 g/mol. The van der Waals surface area contributed by atoms with Crippen molar-refractivity contribution in [1.29, 1.82) is 0 Å². The van der Waals surface area contributed by atoms with E-state index in [0.717, 1.165) is 29.8 Å². The Balaban J connectivity index is 1.31. The molecule has 10 nitrogen and oxygen atoms in total. The maximum atomic E-state index is 12.4. The predicted octanol–water partition coefficient (Wildman–Crippen LogP) is 1.47. The molecule has 1 saturated heterocycles. The fraction of sp³-hybridized carbons (Fsp3) is 0.409. The van der Waals surface area contributed by atoms with Crippen molar-refractivity contribution in [2.24, 2.45) is 0 Å². The highest BCUT2D eigenvalue weighted by Gasteiger charge is 2.32. The van der Waals surface area contributed by atoms with Gasteiger partial charge in [0.05, 0.1) is 38.3 Å². The minimum absolute atomic E-state index is 0.0456. The van der Waals surface area contributed by atoms with E-state index in [-0.39, 0.29) is 30.4 Å². The molecule has 3 heterocycles. The number of hydrogen-bond donors (Lipinski definition) is 2. The van der Waals surface area contributed by atoms with Crippen LogP contribution in [-0.4, -0.2) is 67.9 Å². The summed E-state index contributed by atoms with van der Waals surface area (Å²) in [4.78, 5) is 20.3. The van der Waals surface area contributed by atoms with E-state index in [1.165, 1.54) is 18.6 Å². The van der Waals surface area contributed by atoms with Crippen LogP contribution in [0.1, 0.15) is 29.8 Å². The summed E-state index contributed by atoms with van der Waals surface area (Å²) in [6.07, 6.45) is 7.93. The largest absolute Gasteiger partial charge is 0.496 e. The quantitative estimate of drug-likeness (QED) is 0.542. The molecule has 4 rings (SSSR count). The zero-order valence-electron chi connectivity index (χ0n) is 17.8. The molecule has 1 aliphatic heterocycles. The molecule has 1 aliphatic rings. The molecule has 2 aromatic heterocycles. The highest BCUT2D eigenvalue weighted by atomic mass is 16.5. The number of nitrogens with one attached hydrogen (secondary N) is 1. The van der Waals surface area contributed by atoms with Gasteiger partial charge in [0.25, 0.3) is 5.91 Å². The van der Waals surface area contributed by atoms with Crippen LogP contribution in [0.15, 0.2) is 49.1 Å². The van der Waals surface area contributed by atoms with Crippen LogP contribution in [0, 0.1) is 0 Å².